The van der Waals surface area contributed by atoms with E-state index >= 15 is 0 Å². The highest BCUT2D eigenvalue weighted by molar-refractivity contribution is 9.10. The Morgan fingerprint density at radius 3 is 2.70 bits per heavy atom. The number of aryl methyl sites for hydroxylation is 1. The molecule has 8 heteroatoms. The maximum Gasteiger partial charge on any atom is 0.246 e. The normalized spacial score (nSPS) is 12.1. The molecule has 108 valence electrons. The fourth-order valence-corrected chi connectivity index (χ4v) is 3.77. The summed E-state index contributed by atoms with van der Waals surface area (Å²) in [7, 11) is -2.46. The summed E-state index contributed by atoms with van der Waals surface area (Å²) in [6.45, 7) is 1.96. The minimum Gasteiger partial charge on any atom is -0.245 e. The second-order valence-corrected chi connectivity index (χ2v) is 8.18. The summed E-state index contributed by atoms with van der Waals surface area (Å²) in [5, 5.41) is 2.65. The van der Waals surface area contributed by atoms with Crippen molar-refractivity contribution in [3.8, 4) is 0 Å². The molecule has 0 spiro atoms. The number of hydrogen-bond acceptors (Lipinski definition) is 4. The fourth-order valence-electron chi connectivity index (χ4n) is 1.65. The van der Waals surface area contributed by atoms with Crippen molar-refractivity contribution in [1.82, 2.24) is 9.29 Å². The second kappa shape index (κ2) is 5.88. The second-order valence-electron chi connectivity index (χ2n) is 4.19. The topological polar surface area (TPSA) is 50.3 Å². The van der Waals surface area contributed by atoms with Crippen LogP contribution in [0.2, 0.25) is 0 Å². The molecule has 2 aromatic rings. The summed E-state index contributed by atoms with van der Waals surface area (Å²) in [6.07, 6.45) is 0. The average Bonchev–Trinajstić information content (AvgIpc) is 2.74. The number of sulfonamides is 1. The van der Waals surface area contributed by atoms with Crippen molar-refractivity contribution in [3.05, 3.63) is 44.6 Å². The molecule has 0 aliphatic rings. The lowest BCUT2D eigenvalue weighted by atomic mass is 10.3. The van der Waals surface area contributed by atoms with Gasteiger partial charge in [-0.2, -0.15) is 4.31 Å². The van der Waals surface area contributed by atoms with Gasteiger partial charge in [-0.3, -0.25) is 0 Å². The number of halogens is 2. The minimum atomic E-state index is -3.87. The summed E-state index contributed by atoms with van der Waals surface area (Å²) >= 11 is 4.54. The van der Waals surface area contributed by atoms with Gasteiger partial charge in [0, 0.05) is 16.9 Å². The van der Waals surface area contributed by atoms with Crippen molar-refractivity contribution in [2.24, 2.45) is 0 Å². The van der Waals surface area contributed by atoms with Crippen LogP contribution in [0.5, 0.6) is 0 Å². The number of rotatable bonds is 4. The third kappa shape index (κ3) is 3.25. The summed E-state index contributed by atoms with van der Waals surface area (Å²) in [6, 6.07) is 3.88. The lowest BCUT2D eigenvalue weighted by Crippen LogP contribution is -2.27. The Labute approximate surface area is 129 Å². The molecule has 0 unspecified atom stereocenters. The Bertz CT molecular complexity index is 731. The molecule has 1 heterocycles. The highest BCUT2D eigenvalue weighted by Gasteiger charge is 2.25. The van der Waals surface area contributed by atoms with Crippen molar-refractivity contribution < 1.29 is 12.8 Å². The minimum absolute atomic E-state index is 0.113. The van der Waals surface area contributed by atoms with Crippen LogP contribution in [0.1, 0.15) is 10.7 Å². The van der Waals surface area contributed by atoms with Crippen molar-refractivity contribution >= 4 is 37.3 Å². The van der Waals surface area contributed by atoms with Crippen molar-refractivity contribution in [1.29, 1.82) is 0 Å². The number of hydrogen-bond donors (Lipinski definition) is 0. The van der Waals surface area contributed by atoms with Crippen molar-refractivity contribution in [2.75, 3.05) is 7.05 Å². The summed E-state index contributed by atoms with van der Waals surface area (Å²) in [5.74, 6) is -0.777. The maximum absolute atomic E-state index is 13.8. The smallest absolute Gasteiger partial charge is 0.245 e. The third-order valence-corrected chi connectivity index (χ3v) is 5.79. The molecule has 0 radical (unpaired) electrons. The zero-order chi connectivity index (χ0) is 14.9. The van der Waals surface area contributed by atoms with E-state index in [0.29, 0.717) is 10.2 Å². The molecule has 0 aliphatic carbocycles. The van der Waals surface area contributed by atoms with Crippen LogP contribution >= 0.6 is 27.3 Å². The van der Waals surface area contributed by atoms with E-state index in [0.717, 1.165) is 15.4 Å². The fraction of sp³-hybridized carbons (Fsp3) is 0.250. The highest BCUT2D eigenvalue weighted by atomic mass is 79.9. The van der Waals surface area contributed by atoms with E-state index in [1.54, 1.807) is 5.38 Å². The van der Waals surface area contributed by atoms with Crippen molar-refractivity contribution in [3.63, 3.8) is 0 Å². The van der Waals surface area contributed by atoms with Crippen molar-refractivity contribution in [2.45, 2.75) is 18.4 Å². The lowest BCUT2D eigenvalue weighted by Gasteiger charge is -2.16. The molecule has 0 N–H and O–H groups in total. The van der Waals surface area contributed by atoms with Crippen LogP contribution in [0.3, 0.4) is 0 Å². The van der Waals surface area contributed by atoms with Gasteiger partial charge in [-0.05, 0) is 25.1 Å². The molecule has 0 atom stereocenters. The van der Waals surface area contributed by atoms with Gasteiger partial charge in [-0.1, -0.05) is 15.9 Å². The van der Waals surface area contributed by atoms with Crippen LogP contribution in [0, 0.1) is 12.7 Å². The monoisotopic (exact) mass is 378 g/mol. The van der Waals surface area contributed by atoms with Crippen LogP contribution in [0.15, 0.2) is 32.9 Å². The summed E-state index contributed by atoms with van der Waals surface area (Å²) in [4.78, 5) is 3.87. The predicted molar refractivity (Wildman–Crippen MR) is 79.6 cm³/mol. The van der Waals surface area contributed by atoms with E-state index in [-0.39, 0.29) is 11.4 Å². The van der Waals surface area contributed by atoms with Gasteiger partial charge in [0.1, 0.15) is 10.7 Å². The van der Waals surface area contributed by atoms with Gasteiger partial charge in [0.05, 0.1) is 17.2 Å². The van der Waals surface area contributed by atoms with Crippen LogP contribution in [0.25, 0.3) is 0 Å². The standard InChI is InChI=1S/C12H12BrFN2O2S2/c1-8-15-10(7-19-8)6-16(2)20(17,18)12-4-3-9(13)5-11(12)14/h3-5,7H,6H2,1-2H3. The van der Waals surface area contributed by atoms with Gasteiger partial charge in [0.15, 0.2) is 0 Å². The van der Waals surface area contributed by atoms with E-state index in [1.807, 2.05) is 6.92 Å². The number of aromatic nitrogens is 1. The Morgan fingerprint density at radius 1 is 1.45 bits per heavy atom. The highest BCUT2D eigenvalue weighted by Crippen LogP contribution is 2.23. The lowest BCUT2D eigenvalue weighted by molar-refractivity contribution is 0.456. The zero-order valence-electron chi connectivity index (χ0n) is 10.8. The molecular weight excluding hydrogens is 367 g/mol. The zero-order valence-corrected chi connectivity index (χ0v) is 14.0. The molecule has 0 amide bonds. The number of thiazole rings is 1. The first-order chi connectivity index (χ1) is 9.30. The first-order valence-electron chi connectivity index (χ1n) is 5.63. The maximum atomic E-state index is 13.8. The van der Waals surface area contributed by atoms with E-state index in [2.05, 4.69) is 20.9 Å². The first kappa shape index (κ1) is 15.6. The molecule has 1 aromatic carbocycles. The van der Waals surface area contributed by atoms with E-state index in [4.69, 9.17) is 0 Å². The molecule has 0 aliphatic heterocycles. The molecule has 0 saturated heterocycles. The van der Waals surface area contributed by atoms with Gasteiger partial charge in [0.2, 0.25) is 10.0 Å². The van der Waals surface area contributed by atoms with Gasteiger partial charge in [0.25, 0.3) is 0 Å². The molecular formula is C12H12BrFN2O2S2. The Morgan fingerprint density at radius 2 is 2.15 bits per heavy atom. The molecule has 2 rings (SSSR count). The Hall–Kier alpha value is -0.830. The summed E-state index contributed by atoms with van der Waals surface area (Å²) in [5.41, 5.74) is 0.649. The molecule has 0 bridgehead atoms. The van der Waals surface area contributed by atoms with E-state index in [9.17, 15) is 12.8 Å². The number of nitrogens with zero attached hydrogens (tertiary/aromatic N) is 2. The van der Waals surface area contributed by atoms with Crippen LogP contribution < -0.4 is 0 Å². The average molecular weight is 379 g/mol. The van der Waals surface area contributed by atoms with Crippen LogP contribution in [-0.2, 0) is 16.6 Å². The number of benzene rings is 1. The van der Waals surface area contributed by atoms with Gasteiger partial charge < -0.3 is 0 Å². The van der Waals surface area contributed by atoms with Crippen LogP contribution in [-0.4, -0.2) is 24.8 Å². The van der Waals surface area contributed by atoms with Gasteiger partial charge in [-0.15, -0.1) is 11.3 Å². The molecule has 1 aromatic heterocycles. The van der Waals surface area contributed by atoms with Gasteiger partial charge in [-0.25, -0.2) is 17.8 Å². The quantitative estimate of drug-likeness (QED) is 0.820. The molecule has 0 fully saturated rings. The molecule has 20 heavy (non-hydrogen) atoms. The SMILES string of the molecule is Cc1nc(CN(C)S(=O)(=O)c2ccc(Br)cc2F)cs1. The Kier molecular flexibility index (Phi) is 4.58. The predicted octanol–water partition coefficient (Wildman–Crippen LogP) is 3.17. The summed E-state index contributed by atoms with van der Waals surface area (Å²) < 4.78 is 40.0. The molecule has 4 nitrogen and oxygen atoms in total. The van der Waals surface area contributed by atoms with E-state index in [1.165, 1.54) is 30.5 Å². The third-order valence-electron chi connectivity index (χ3n) is 2.63. The first-order valence-corrected chi connectivity index (χ1v) is 8.74. The molecule has 0 saturated carbocycles. The largest absolute Gasteiger partial charge is 0.246 e. The van der Waals surface area contributed by atoms with Crippen LogP contribution in [0.4, 0.5) is 4.39 Å². The Balaban J connectivity index is 2.29. The van der Waals surface area contributed by atoms with E-state index < -0.39 is 15.8 Å². The van der Waals surface area contributed by atoms with Gasteiger partial charge >= 0.3 is 0 Å².